The maximum absolute atomic E-state index is 12.5. The highest BCUT2D eigenvalue weighted by Crippen LogP contribution is 2.29. The van der Waals surface area contributed by atoms with Crippen LogP contribution in [0.5, 0.6) is 0 Å². The van der Waals surface area contributed by atoms with Crippen LogP contribution < -0.4 is 5.32 Å². The molecule has 0 radical (unpaired) electrons. The van der Waals surface area contributed by atoms with Gasteiger partial charge in [0, 0.05) is 0 Å². The van der Waals surface area contributed by atoms with Crippen LogP contribution in [0.1, 0.15) is 24.7 Å². The van der Waals surface area contributed by atoms with Crippen molar-refractivity contribution in [2.75, 3.05) is 6.54 Å². The minimum atomic E-state index is -4.33. The van der Waals surface area contributed by atoms with Gasteiger partial charge in [0.05, 0.1) is 17.8 Å². The van der Waals surface area contributed by atoms with E-state index in [1.54, 1.807) is 0 Å². The third kappa shape index (κ3) is 3.36. The molecule has 108 valence electrons. The summed E-state index contributed by atoms with van der Waals surface area (Å²) in [5, 5.41) is 7.22. The van der Waals surface area contributed by atoms with Gasteiger partial charge in [-0.3, -0.25) is 0 Å². The number of rotatable bonds is 5. The van der Waals surface area contributed by atoms with Crippen LogP contribution in [-0.2, 0) is 12.7 Å². The molecule has 0 saturated heterocycles. The average Bonchev–Trinajstić information content (AvgIpc) is 2.87. The number of aromatic nitrogens is 3. The predicted molar refractivity (Wildman–Crippen MR) is 68.4 cm³/mol. The number of hydrogen-bond acceptors (Lipinski definition) is 3. The van der Waals surface area contributed by atoms with E-state index in [0.29, 0.717) is 18.1 Å². The van der Waals surface area contributed by atoms with Crippen LogP contribution in [0.3, 0.4) is 0 Å². The van der Waals surface area contributed by atoms with E-state index in [1.807, 2.05) is 6.92 Å². The minimum Gasteiger partial charge on any atom is -0.310 e. The lowest BCUT2D eigenvalue weighted by Crippen LogP contribution is -2.17. The van der Waals surface area contributed by atoms with Gasteiger partial charge in [0.2, 0.25) is 0 Å². The summed E-state index contributed by atoms with van der Waals surface area (Å²) in [5.74, 6) is 0.665. The number of alkyl halides is 3. The van der Waals surface area contributed by atoms with Crippen molar-refractivity contribution in [3.8, 4) is 5.69 Å². The molecule has 20 heavy (non-hydrogen) atoms. The smallest absolute Gasteiger partial charge is 0.310 e. The van der Waals surface area contributed by atoms with E-state index in [4.69, 9.17) is 0 Å². The summed E-state index contributed by atoms with van der Waals surface area (Å²) in [6.45, 7) is 3.42. The fourth-order valence-electron chi connectivity index (χ4n) is 1.77. The van der Waals surface area contributed by atoms with Crippen LogP contribution >= 0.6 is 0 Å². The monoisotopic (exact) mass is 284 g/mol. The van der Waals surface area contributed by atoms with Gasteiger partial charge in [-0.2, -0.15) is 18.3 Å². The number of halogens is 3. The van der Waals surface area contributed by atoms with E-state index < -0.39 is 11.7 Å². The van der Waals surface area contributed by atoms with Gasteiger partial charge in [0.1, 0.15) is 12.2 Å². The van der Waals surface area contributed by atoms with Crippen LogP contribution in [0.4, 0.5) is 13.2 Å². The molecule has 1 aromatic heterocycles. The quantitative estimate of drug-likeness (QED) is 0.859. The van der Waals surface area contributed by atoms with Crippen molar-refractivity contribution in [1.29, 1.82) is 0 Å². The SMILES string of the molecule is CCCNCc1ncnn1-c1ccc(C(F)(F)F)cc1. The zero-order chi connectivity index (χ0) is 14.6. The Hall–Kier alpha value is -1.89. The van der Waals surface area contributed by atoms with Gasteiger partial charge in [0.25, 0.3) is 0 Å². The standard InChI is InChI=1S/C13H15F3N4/c1-2-7-17-8-12-18-9-19-20(12)11-5-3-10(4-6-11)13(14,15)16/h3-6,9,17H,2,7-8H2,1H3. The first-order chi connectivity index (χ1) is 9.52. The molecule has 4 nitrogen and oxygen atoms in total. The van der Waals surface area contributed by atoms with E-state index in [9.17, 15) is 13.2 Å². The van der Waals surface area contributed by atoms with Crippen molar-refractivity contribution < 1.29 is 13.2 Å². The van der Waals surface area contributed by atoms with E-state index in [2.05, 4.69) is 15.4 Å². The van der Waals surface area contributed by atoms with Gasteiger partial charge in [-0.1, -0.05) is 6.92 Å². The predicted octanol–water partition coefficient (Wildman–Crippen LogP) is 2.79. The van der Waals surface area contributed by atoms with Crippen molar-refractivity contribution in [2.45, 2.75) is 26.1 Å². The van der Waals surface area contributed by atoms with Crippen LogP contribution in [0, 0.1) is 0 Å². The summed E-state index contributed by atoms with van der Waals surface area (Å²) >= 11 is 0. The summed E-state index contributed by atoms with van der Waals surface area (Å²) in [6.07, 6.45) is -1.94. The van der Waals surface area contributed by atoms with E-state index >= 15 is 0 Å². The second-order valence-electron chi connectivity index (χ2n) is 4.31. The number of nitrogens with zero attached hydrogens (tertiary/aromatic N) is 3. The Balaban J connectivity index is 2.18. The molecular formula is C13H15F3N4. The summed E-state index contributed by atoms with van der Waals surface area (Å²) in [4.78, 5) is 4.10. The molecule has 0 unspecified atom stereocenters. The molecule has 0 saturated carbocycles. The zero-order valence-electron chi connectivity index (χ0n) is 11.0. The van der Waals surface area contributed by atoms with E-state index in [0.717, 1.165) is 25.1 Å². The average molecular weight is 284 g/mol. The highest BCUT2D eigenvalue weighted by Gasteiger charge is 2.30. The van der Waals surface area contributed by atoms with Gasteiger partial charge in [0.15, 0.2) is 0 Å². The lowest BCUT2D eigenvalue weighted by Gasteiger charge is -2.09. The Morgan fingerprint density at radius 1 is 1.20 bits per heavy atom. The molecule has 0 atom stereocenters. The molecule has 0 amide bonds. The molecule has 2 aromatic rings. The van der Waals surface area contributed by atoms with Gasteiger partial charge < -0.3 is 5.32 Å². The zero-order valence-corrected chi connectivity index (χ0v) is 11.0. The van der Waals surface area contributed by atoms with E-state index in [-0.39, 0.29) is 0 Å². The maximum atomic E-state index is 12.5. The maximum Gasteiger partial charge on any atom is 0.416 e. The second-order valence-corrected chi connectivity index (χ2v) is 4.31. The Bertz CT molecular complexity index is 545. The van der Waals surface area contributed by atoms with Crippen molar-refractivity contribution in [2.24, 2.45) is 0 Å². The summed E-state index contributed by atoms with van der Waals surface area (Å²) in [6, 6.07) is 4.86. The third-order valence-corrected chi connectivity index (χ3v) is 2.77. The number of benzene rings is 1. The molecule has 0 aliphatic heterocycles. The van der Waals surface area contributed by atoms with Gasteiger partial charge in [-0.15, -0.1) is 0 Å². The Kier molecular flexibility index (Phi) is 4.39. The third-order valence-electron chi connectivity index (χ3n) is 2.77. The van der Waals surface area contributed by atoms with Crippen molar-refractivity contribution in [3.05, 3.63) is 42.0 Å². The van der Waals surface area contributed by atoms with Crippen molar-refractivity contribution in [1.82, 2.24) is 20.1 Å². The van der Waals surface area contributed by atoms with Gasteiger partial charge >= 0.3 is 6.18 Å². The highest BCUT2D eigenvalue weighted by atomic mass is 19.4. The largest absolute Gasteiger partial charge is 0.416 e. The highest BCUT2D eigenvalue weighted by molar-refractivity contribution is 5.35. The Morgan fingerprint density at radius 2 is 1.90 bits per heavy atom. The number of hydrogen-bond donors (Lipinski definition) is 1. The molecule has 7 heteroatoms. The molecule has 0 fully saturated rings. The molecule has 1 aromatic carbocycles. The molecule has 0 aliphatic carbocycles. The molecule has 0 aliphatic rings. The van der Waals surface area contributed by atoms with Gasteiger partial charge in [-0.05, 0) is 37.2 Å². The summed E-state index contributed by atoms with van der Waals surface area (Å²) < 4.78 is 39.0. The fourth-order valence-corrected chi connectivity index (χ4v) is 1.77. The van der Waals surface area contributed by atoms with Crippen LogP contribution in [0.15, 0.2) is 30.6 Å². The first-order valence-corrected chi connectivity index (χ1v) is 6.29. The molecule has 2 rings (SSSR count). The minimum absolute atomic E-state index is 0.523. The molecule has 1 N–H and O–H groups in total. The lowest BCUT2D eigenvalue weighted by atomic mass is 10.2. The molecular weight excluding hydrogens is 269 g/mol. The van der Waals surface area contributed by atoms with Crippen LogP contribution in [0.2, 0.25) is 0 Å². The summed E-state index contributed by atoms with van der Waals surface area (Å²) in [5.41, 5.74) is -0.115. The van der Waals surface area contributed by atoms with Gasteiger partial charge in [-0.25, -0.2) is 9.67 Å². The van der Waals surface area contributed by atoms with Crippen LogP contribution in [-0.4, -0.2) is 21.3 Å². The molecule has 0 spiro atoms. The normalized spacial score (nSPS) is 11.8. The summed E-state index contributed by atoms with van der Waals surface area (Å²) in [7, 11) is 0. The first-order valence-electron chi connectivity index (χ1n) is 6.29. The second kappa shape index (κ2) is 6.04. The van der Waals surface area contributed by atoms with Crippen molar-refractivity contribution in [3.63, 3.8) is 0 Å². The van der Waals surface area contributed by atoms with Crippen LogP contribution in [0.25, 0.3) is 5.69 Å². The topological polar surface area (TPSA) is 42.7 Å². The van der Waals surface area contributed by atoms with Crippen molar-refractivity contribution >= 4 is 0 Å². The lowest BCUT2D eigenvalue weighted by molar-refractivity contribution is -0.137. The number of nitrogens with one attached hydrogen (secondary N) is 1. The Morgan fingerprint density at radius 3 is 2.50 bits per heavy atom. The Labute approximate surface area is 114 Å². The molecule has 1 heterocycles. The first kappa shape index (κ1) is 14.5. The van der Waals surface area contributed by atoms with E-state index in [1.165, 1.54) is 23.1 Å². The fraction of sp³-hybridized carbons (Fsp3) is 0.385. The molecule has 0 bridgehead atoms.